The van der Waals surface area contributed by atoms with Gasteiger partial charge in [-0.3, -0.25) is 0 Å². The Bertz CT molecular complexity index is 387. The van der Waals surface area contributed by atoms with Gasteiger partial charge in [0.1, 0.15) is 5.75 Å². The minimum atomic E-state index is -0.621. The van der Waals surface area contributed by atoms with Crippen molar-refractivity contribution in [1.82, 2.24) is 0 Å². The Morgan fingerprint density at radius 3 is 2.47 bits per heavy atom. The van der Waals surface area contributed by atoms with Crippen LogP contribution in [0.4, 0.5) is 4.39 Å². The Hall–Kier alpha value is -1.47. The van der Waals surface area contributed by atoms with Crippen LogP contribution < -0.4 is 9.47 Å². The predicted molar refractivity (Wildman–Crippen MR) is 53.8 cm³/mol. The molecule has 0 saturated heterocycles. The molecular weight excluding hydrogens is 221 g/mol. The molecule has 80 valence electrons. The van der Waals surface area contributed by atoms with Crippen LogP contribution in [0.25, 0.3) is 0 Å². The van der Waals surface area contributed by atoms with Crippen LogP contribution in [0.2, 0.25) is 5.02 Å². The van der Waals surface area contributed by atoms with Crippen LogP contribution >= 0.6 is 11.6 Å². The van der Waals surface area contributed by atoms with Crippen LogP contribution in [0.15, 0.2) is 6.07 Å². The van der Waals surface area contributed by atoms with Crippen molar-refractivity contribution in [3.8, 4) is 17.6 Å². The van der Waals surface area contributed by atoms with Crippen molar-refractivity contribution >= 4 is 11.6 Å². The summed E-state index contributed by atoms with van der Waals surface area (Å²) >= 11 is 5.85. The monoisotopic (exact) mass is 229 g/mol. The number of ether oxygens (including phenoxy) is 2. The molecule has 0 spiro atoms. The highest BCUT2D eigenvalue weighted by Gasteiger charge is 2.17. The van der Waals surface area contributed by atoms with Crippen LogP contribution in [-0.4, -0.2) is 14.2 Å². The molecule has 0 aliphatic heterocycles. The molecule has 0 aliphatic carbocycles. The summed E-state index contributed by atoms with van der Waals surface area (Å²) in [6.07, 6.45) is -0.127. The fourth-order valence-corrected chi connectivity index (χ4v) is 1.45. The van der Waals surface area contributed by atoms with Gasteiger partial charge in [0.25, 0.3) is 0 Å². The van der Waals surface area contributed by atoms with E-state index in [9.17, 15) is 4.39 Å². The summed E-state index contributed by atoms with van der Waals surface area (Å²) < 4.78 is 23.4. The number of nitriles is 1. The lowest BCUT2D eigenvalue weighted by molar-refractivity contribution is 0.372. The Morgan fingerprint density at radius 2 is 2.00 bits per heavy atom. The van der Waals surface area contributed by atoms with Crippen LogP contribution in [-0.2, 0) is 6.42 Å². The fourth-order valence-electron chi connectivity index (χ4n) is 1.17. The molecule has 1 aromatic carbocycles. The zero-order valence-electron chi connectivity index (χ0n) is 8.30. The molecular formula is C10H9ClFNO2. The second kappa shape index (κ2) is 4.85. The molecule has 0 N–H and O–H groups in total. The van der Waals surface area contributed by atoms with Gasteiger partial charge < -0.3 is 9.47 Å². The third kappa shape index (κ3) is 2.13. The average Bonchev–Trinajstić information content (AvgIpc) is 2.25. The highest BCUT2D eigenvalue weighted by Crippen LogP contribution is 2.36. The first-order valence-electron chi connectivity index (χ1n) is 4.11. The highest BCUT2D eigenvalue weighted by atomic mass is 35.5. The van der Waals surface area contributed by atoms with E-state index in [0.29, 0.717) is 5.75 Å². The molecule has 0 radical (unpaired) electrons. The zero-order chi connectivity index (χ0) is 11.4. The first-order chi connectivity index (χ1) is 7.15. The van der Waals surface area contributed by atoms with E-state index in [4.69, 9.17) is 26.3 Å². The minimum Gasteiger partial charge on any atom is -0.495 e. The first kappa shape index (κ1) is 11.6. The molecule has 1 rings (SSSR count). The van der Waals surface area contributed by atoms with Gasteiger partial charge in [-0.05, 0) is 0 Å². The summed E-state index contributed by atoms with van der Waals surface area (Å²) in [5.74, 6) is -0.313. The van der Waals surface area contributed by atoms with E-state index in [-0.39, 0.29) is 22.8 Å². The van der Waals surface area contributed by atoms with Gasteiger partial charge in [0.05, 0.1) is 31.7 Å². The van der Waals surface area contributed by atoms with Crippen molar-refractivity contribution in [3.63, 3.8) is 0 Å². The van der Waals surface area contributed by atoms with Crippen molar-refractivity contribution in [2.75, 3.05) is 14.2 Å². The molecule has 0 heterocycles. The molecule has 1 aromatic rings. The Kier molecular flexibility index (Phi) is 3.75. The fraction of sp³-hybridized carbons (Fsp3) is 0.300. The number of halogens is 2. The van der Waals surface area contributed by atoms with Crippen molar-refractivity contribution in [2.45, 2.75) is 6.42 Å². The third-order valence-corrected chi connectivity index (χ3v) is 2.33. The molecule has 0 amide bonds. The van der Waals surface area contributed by atoms with Crippen molar-refractivity contribution in [3.05, 3.63) is 22.5 Å². The Balaban J connectivity index is 3.40. The van der Waals surface area contributed by atoms with Crippen LogP contribution in [0.5, 0.6) is 11.5 Å². The van der Waals surface area contributed by atoms with Crippen LogP contribution in [0.3, 0.4) is 0 Å². The number of hydrogen-bond donors (Lipinski definition) is 0. The van der Waals surface area contributed by atoms with Gasteiger partial charge in [-0.2, -0.15) is 5.26 Å². The highest BCUT2D eigenvalue weighted by molar-refractivity contribution is 6.33. The van der Waals surface area contributed by atoms with Crippen molar-refractivity contribution in [1.29, 1.82) is 5.26 Å². The van der Waals surface area contributed by atoms with E-state index in [1.54, 1.807) is 0 Å². The SMILES string of the molecule is COc1cc(OC)c(Cl)c(CC#N)c1F. The molecule has 0 fully saturated rings. The topological polar surface area (TPSA) is 42.2 Å². The molecule has 0 atom stereocenters. The summed E-state index contributed by atoms with van der Waals surface area (Å²) in [6.45, 7) is 0. The number of nitrogens with zero attached hydrogens (tertiary/aromatic N) is 1. The maximum atomic E-state index is 13.6. The molecule has 0 aliphatic rings. The van der Waals surface area contributed by atoms with E-state index >= 15 is 0 Å². The second-order valence-corrected chi connectivity index (χ2v) is 3.10. The predicted octanol–water partition coefficient (Wildman–Crippen LogP) is 2.56. The smallest absolute Gasteiger partial charge is 0.171 e. The maximum absolute atomic E-state index is 13.6. The van der Waals surface area contributed by atoms with E-state index in [2.05, 4.69) is 0 Å². The molecule has 0 saturated carbocycles. The van der Waals surface area contributed by atoms with Gasteiger partial charge in [-0.25, -0.2) is 4.39 Å². The minimum absolute atomic E-state index is 0.0153. The van der Waals surface area contributed by atoms with Gasteiger partial charge in [0.15, 0.2) is 11.6 Å². The summed E-state index contributed by atoms with van der Waals surface area (Å²) in [5, 5.41) is 8.65. The number of rotatable bonds is 3. The molecule has 0 aromatic heterocycles. The average molecular weight is 230 g/mol. The lowest BCUT2D eigenvalue weighted by Gasteiger charge is -2.11. The summed E-state index contributed by atoms with van der Waals surface area (Å²) in [4.78, 5) is 0. The second-order valence-electron chi connectivity index (χ2n) is 2.72. The van der Waals surface area contributed by atoms with E-state index < -0.39 is 5.82 Å². The van der Waals surface area contributed by atoms with Gasteiger partial charge in [-0.1, -0.05) is 11.6 Å². The van der Waals surface area contributed by atoms with Gasteiger partial charge in [0.2, 0.25) is 0 Å². The lowest BCUT2D eigenvalue weighted by atomic mass is 10.1. The first-order valence-corrected chi connectivity index (χ1v) is 4.49. The molecule has 0 unspecified atom stereocenters. The number of hydrogen-bond acceptors (Lipinski definition) is 3. The lowest BCUT2D eigenvalue weighted by Crippen LogP contribution is -1.98. The van der Waals surface area contributed by atoms with E-state index in [1.807, 2.05) is 6.07 Å². The van der Waals surface area contributed by atoms with Crippen LogP contribution in [0.1, 0.15) is 5.56 Å². The Morgan fingerprint density at radius 1 is 1.40 bits per heavy atom. The van der Waals surface area contributed by atoms with Crippen molar-refractivity contribution < 1.29 is 13.9 Å². The maximum Gasteiger partial charge on any atom is 0.171 e. The molecule has 15 heavy (non-hydrogen) atoms. The normalized spacial score (nSPS) is 9.53. The largest absolute Gasteiger partial charge is 0.495 e. The van der Waals surface area contributed by atoms with Gasteiger partial charge >= 0.3 is 0 Å². The zero-order valence-corrected chi connectivity index (χ0v) is 9.06. The number of benzene rings is 1. The van der Waals surface area contributed by atoms with Gasteiger partial charge in [-0.15, -0.1) is 0 Å². The summed E-state index contributed by atoms with van der Waals surface area (Å²) in [7, 11) is 2.75. The standard InChI is InChI=1S/C10H9ClFNO2/c1-14-7-5-8(15-2)10(12)6(3-4-13)9(7)11/h5H,3H2,1-2H3. The molecule has 0 bridgehead atoms. The summed E-state index contributed by atoms with van der Waals surface area (Å²) in [5.41, 5.74) is 0.0929. The van der Waals surface area contributed by atoms with Gasteiger partial charge in [0, 0.05) is 11.6 Å². The van der Waals surface area contributed by atoms with Crippen LogP contribution in [0, 0.1) is 17.1 Å². The van der Waals surface area contributed by atoms with E-state index in [1.165, 1.54) is 20.3 Å². The van der Waals surface area contributed by atoms with Crippen molar-refractivity contribution in [2.24, 2.45) is 0 Å². The summed E-state index contributed by atoms with van der Waals surface area (Å²) in [6, 6.07) is 3.18. The number of methoxy groups -OCH3 is 2. The Labute approximate surface area is 92.0 Å². The molecule has 5 heteroatoms. The van der Waals surface area contributed by atoms with E-state index in [0.717, 1.165) is 0 Å². The molecule has 3 nitrogen and oxygen atoms in total. The quantitative estimate of drug-likeness (QED) is 0.800. The third-order valence-electron chi connectivity index (χ3n) is 1.92.